The minimum Gasteiger partial charge on any atom is -0.507 e. The van der Waals surface area contributed by atoms with Crippen LogP contribution in [0.1, 0.15) is 22.7 Å². The smallest absolute Gasteiger partial charge is 0.295 e. The van der Waals surface area contributed by atoms with Gasteiger partial charge in [-0.1, -0.05) is 12.1 Å². The van der Waals surface area contributed by atoms with Gasteiger partial charge in [0.05, 0.1) is 32.9 Å². The topological polar surface area (TPSA) is 98.2 Å². The summed E-state index contributed by atoms with van der Waals surface area (Å²) in [6.45, 7) is 0.173. The van der Waals surface area contributed by atoms with Crippen LogP contribution in [0, 0.1) is 0 Å². The zero-order valence-corrected chi connectivity index (χ0v) is 19.0. The van der Waals surface area contributed by atoms with Crippen LogP contribution in [0.3, 0.4) is 0 Å². The maximum atomic E-state index is 13.2. The summed E-state index contributed by atoms with van der Waals surface area (Å²) >= 11 is 0. The Morgan fingerprint density at radius 1 is 0.912 bits per heavy atom. The van der Waals surface area contributed by atoms with E-state index in [-0.39, 0.29) is 17.9 Å². The Hall–Kier alpha value is -4.33. The third-order valence-electron chi connectivity index (χ3n) is 5.73. The summed E-state index contributed by atoms with van der Waals surface area (Å²) < 4.78 is 15.8. The number of pyridine rings is 1. The molecule has 1 atom stereocenters. The fourth-order valence-corrected chi connectivity index (χ4v) is 4.00. The molecule has 1 unspecified atom stereocenters. The van der Waals surface area contributed by atoms with Gasteiger partial charge in [0.25, 0.3) is 11.7 Å². The summed E-state index contributed by atoms with van der Waals surface area (Å²) in [4.78, 5) is 31.8. The van der Waals surface area contributed by atoms with Crippen LogP contribution in [0.5, 0.6) is 17.2 Å². The minimum atomic E-state index is -0.799. The number of Topliss-reactive ketones (excluding diaryl/α,β-unsaturated/α-hetero) is 1. The average Bonchev–Trinajstić information content (AvgIpc) is 3.13. The van der Waals surface area contributed by atoms with Gasteiger partial charge in [-0.3, -0.25) is 14.6 Å². The summed E-state index contributed by atoms with van der Waals surface area (Å²) in [5.74, 6) is -0.253. The Morgan fingerprint density at radius 3 is 2.21 bits per heavy atom. The molecule has 1 N–H and O–H groups in total. The quantitative estimate of drug-likeness (QED) is 0.326. The molecule has 0 bridgehead atoms. The molecule has 1 aromatic heterocycles. The van der Waals surface area contributed by atoms with Crippen molar-refractivity contribution in [2.24, 2.45) is 0 Å². The van der Waals surface area contributed by atoms with Crippen molar-refractivity contribution in [2.45, 2.75) is 12.6 Å². The van der Waals surface area contributed by atoms with E-state index in [0.29, 0.717) is 28.4 Å². The van der Waals surface area contributed by atoms with E-state index in [2.05, 4.69) is 4.98 Å². The number of hydrogen-bond donors (Lipinski definition) is 1. The number of ketones is 1. The van der Waals surface area contributed by atoms with E-state index in [9.17, 15) is 14.7 Å². The molecular formula is C26H24N2O6. The van der Waals surface area contributed by atoms with E-state index in [0.717, 1.165) is 5.56 Å². The molecule has 0 aliphatic carbocycles. The number of rotatable bonds is 7. The first kappa shape index (κ1) is 22.8. The van der Waals surface area contributed by atoms with Crippen LogP contribution in [0.4, 0.5) is 0 Å². The van der Waals surface area contributed by atoms with Crippen LogP contribution in [0.25, 0.3) is 5.76 Å². The third-order valence-corrected chi connectivity index (χ3v) is 5.73. The molecule has 1 aliphatic heterocycles. The number of carbonyl (C=O) groups excluding carboxylic acids is 2. The van der Waals surface area contributed by atoms with Gasteiger partial charge in [0.15, 0.2) is 11.5 Å². The number of aliphatic hydroxyl groups is 1. The van der Waals surface area contributed by atoms with Crippen molar-refractivity contribution in [1.29, 1.82) is 0 Å². The Morgan fingerprint density at radius 2 is 1.59 bits per heavy atom. The van der Waals surface area contributed by atoms with Crippen LogP contribution >= 0.6 is 0 Å². The average molecular weight is 460 g/mol. The van der Waals surface area contributed by atoms with Crippen LogP contribution in [0.15, 0.2) is 72.6 Å². The Labute approximate surface area is 197 Å². The van der Waals surface area contributed by atoms with Gasteiger partial charge in [-0.25, -0.2) is 0 Å². The van der Waals surface area contributed by atoms with E-state index in [1.807, 2.05) is 0 Å². The maximum absolute atomic E-state index is 13.2. The molecule has 2 aromatic carbocycles. The molecular weight excluding hydrogens is 436 g/mol. The van der Waals surface area contributed by atoms with Crippen molar-refractivity contribution in [1.82, 2.24) is 9.88 Å². The molecule has 34 heavy (non-hydrogen) atoms. The fourth-order valence-electron chi connectivity index (χ4n) is 4.00. The summed E-state index contributed by atoms with van der Waals surface area (Å²) in [6, 6.07) is 14.6. The predicted octanol–water partition coefficient (Wildman–Crippen LogP) is 3.73. The molecule has 0 spiro atoms. The van der Waals surface area contributed by atoms with Gasteiger partial charge < -0.3 is 24.2 Å². The zero-order chi connectivity index (χ0) is 24.2. The summed E-state index contributed by atoms with van der Waals surface area (Å²) in [6.07, 6.45) is 3.25. The lowest BCUT2D eigenvalue weighted by Crippen LogP contribution is -2.29. The van der Waals surface area contributed by atoms with Gasteiger partial charge in [0, 0.05) is 24.5 Å². The number of methoxy groups -OCH3 is 3. The lowest BCUT2D eigenvalue weighted by atomic mass is 9.95. The number of amides is 1. The Kier molecular flexibility index (Phi) is 6.49. The monoisotopic (exact) mass is 460 g/mol. The zero-order valence-electron chi connectivity index (χ0n) is 19.0. The number of likely N-dealkylation sites (tertiary alicyclic amines) is 1. The SMILES string of the molecule is COc1ccc(C2/C(=C(/O)c3ccc(OC)c(OC)c3)C(=O)C(=O)N2Cc2ccncc2)cc1. The van der Waals surface area contributed by atoms with Crippen LogP contribution < -0.4 is 14.2 Å². The van der Waals surface area contributed by atoms with Crippen LogP contribution in [-0.4, -0.2) is 48.0 Å². The first-order chi connectivity index (χ1) is 16.5. The Bertz CT molecular complexity index is 1240. The summed E-state index contributed by atoms with van der Waals surface area (Å²) in [5, 5.41) is 11.3. The number of ether oxygens (including phenoxy) is 3. The van der Waals surface area contributed by atoms with Gasteiger partial charge in [-0.15, -0.1) is 0 Å². The van der Waals surface area contributed by atoms with Gasteiger partial charge in [0.1, 0.15) is 11.5 Å². The van der Waals surface area contributed by atoms with Gasteiger partial charge in [-0.05, 0) is 53.6 Å². The number of aromatic nitrogens is 1. The van der Waals surface area contributed by atoms with Crippen molar-refractivity contribution in [3.63, 3.8) is 0 Å². The normalized spacial score (nSPS) is 17.0. The Balaban J connectivity index is 1.86. The van der Waals surface area contributed by atoms with Crippen molar-refractivity contribution < 1.29 is 28.9 Å². The number of nitrogens with zero attached hydrogens (tertiary/aromatic N) is 2. The highest BCUT2D eigenvalue weighted by Crippen LogP contribution is 2.41. The summed E-state index contributed by atoms with van der Waals surface area (Å²) in [5.41, 5.74) is 1.80. The van der Waals surface area contributed by atoms with E-state index in [1.54, 1.807) is 74.1 Å². The van der Waals surface area contributed by atoms with Crippen LogP contribution in [-0.2, 0) is 16.1 Å². The van der Waals surface area contributed by atoms with Gasteiger partial charge in [-0.2, -0.15) is 0 Å². The largest absolute Gasteiger partial charge is 0.507 e. The fraction of sp³-hybridized carbons (Fsp3) is 0.192. The molecule has 1 fully saturated rings. The molecule has 0 saturated carbocycles. The van der Waals surface area contributed by atoms with E-state index in [1.165, 1.54) is 19.1 Å². The van der Waals surface area contributed by atoms with Gasteiger partial charge >= 0.3 is 0 Å². The molecule has 1 saturated heterocycles. The first-order valence-electron chi connectivity index (χ1n) is 10.5. The first-order valence-corrected chi connectivity index (χ1v) is 10.5. The van der Waals surface area contributed by atoms with Gasteiger partial charge in [0.2, 0.25) is 0 Å². The number of hydrogen-bond acceptors (Lipinski definition) is 7. The second kappa shape index (κ2) is 9.66. The third kappa shape index (κ3) is 4.17. The van der Waals surface area contributed by atoms with Crippen LogP contribution in [0.2, 0.25) is 0 Å². The molecule has 1 aliphatic rings. The standard InChI is InChI=1S/C26H24N2O6/c1-32-19-7-4-17(5-8-19)23-22(24(29)18-6-9-20(33-2)21(14-18)34-3)25(30)26(31)28(23)15-16-10-12-27-13-11-16/h4-14,23,29H,15H2,1-3H3/b24-22-. The van der Waals surface area contributed by atoms with E-state index in [4.69, 9.17) is 14.2 Å². The molecule has 2 heterocycles. The van der Waals surface area contributed by atoms with E-state index >= 15 is 0 Å². The number of benzene rings is 2. The maximum Gasteiger partial charge on any atom is 0.295 e. The molecule has 8 nitrogen and oxygen atoms in total. The highest BCUT2D eigenvalue weighted by Gasteiger charge is 2.46. The number of aliphatic hydroxyl groups excluding tert-OH is 1. The van der Waals surface area contributed by atoms with Crippen molar-refractivity contribution in [2.75, 3.05) is 21.3 Å². The molecule has 3 aromatic rings. The second-order valence-electron chi connectivity index (χ2n) is 7.63. The molecule has 8 heteroatoms. The van der Waals surface area contributed by atoms with Crippen molar-refractivity contribution >= 4 is 17.4 Å². The highest BCUT2D eigenvalue weighted by atomic mass is 16.5. The van der Waals surface area contributed by atoms with Crippen molar-refractivity contribution in [3.8, 4) is 17.2 Å². The van der Waals surface area contributed by atoms with Crippen molar-refractivity contribution in [3.05, 3.63) is 89.3 Å². The summed E-state index contributed by atoms with van der Waals surface area (Å²) in [7, 11) is 4.54. The lowest BCUT2D eigenvalue weighted by Gasteiger charge is -2.25. The lowest BCUT2D eigenvalue weighted by molar-refractivity contribution is -0.140. The minimum absolute atomic E-state index is 0.00329. The molecule has 4 rings (SSSR count). The predicted molar refractivity (Wildman–Crippen MR) is 125 cm³/mol. The van der Waals surface area contributed by atoms with E-state index < -0.39 is 17.7 Å². The molecule has 1 amide bonds. The highest BCUT2D eigenvalue weighted by molar-refractivity contribution is 6.46. The molecule has 174 valence electrons. The molecule has 0 radical (unpaired) electrons. The number of carbonyl (C=O) groups is 2. The second-order valence-corrected chi connectivity index (χ2v) is 7.63.